The van der Waals surface area contributed by atoms with Crippen LogP contribution in [0.15, 0.2) is 10.3 Å². The number of aromatic nitrogens is 6. The molecule has 1 aliphatic carbocycles. The van der Waals surface area contributed by atoms with Gasteiger partial charge in [-0.1, -0.05) is 23.5 Å². The summed E-state index contributed by atoms with van der Waals surface area (Å²) in [4.78, 5) is 23.1. The highest BCUT2D eigenvalue weighted by Gasteiger charge is 2.23. The summed E-state index contributed by atoms with van der Waals surface area (Å²) < 4.78 is 13.0. The van der Waals surface area contributed by atoms with Gasteiger partial charge in [-0.2, -0.15) is 19.9 Å². The monoisotopic (exact) mass is 544 g/mol. The molecule has 1 aliphatic rings. The molecule has 1 fully saturated rings. The van der Waals surface area contributed by atoms with Gasteiger partial charge in [0.25, 0.3) is 0 Å². The van der Waals surface area contributed by atoms with E-state index in [4.69, 9.17) is 33.9 Å². The molecule has 34 heavy (non-hydrogen) atoms. The van der Waals surface area contributed by atoms with Crippen molar-refractivity contribution in [3.05, 3.63) is 9.54 Å². The molecular weight excluding hydrogens is 513 g/mol. The predicted molar refractivity (Wildman–Crippen MR) is 142 cm³/mol. The first-order valence-corrected chi connectivity index (χ1v) is 13.8. The Bertz CT molecular complexity index is 947. The molecule has 0 radical (unpaired) electrons. The van der Waals surface area contributed by atoms with Crippen molar-refractivity contribution in [1.29, 1.82) is 0 Å². The first-order valence-electron chi connectivity index (χ1n) is 11.2. The minimum absolute atomic E-state index is 0.0442. The first-order chi connectivity index (χ1) is 16.3. The van der Waals surface area contributed by atoms with E-state index in [1.165, 1.54) is 23.5 Å². The topological polar surface area (TPSA) is 126 Å². The Morgan fingerprint density at radius 1 is 0.794 bits per heavy atom. The van der Waals surface area contributed by atoms with Gasteiger partial charge in [0.2, 0.25) is 21.4 Å². The minimum atomic E-state index is -0.0442. The van der Waals surface area contributed by atoms with Crippen molar-refractivity contribution < 1.29 is 9.47 Å². The average molecular weight is 545 g/mol. The van der Waals surface area contributed by atoms with Crippen molar-refractivity contribution in [3.63, 3.8) is 0 Å². The molecule has 1 saturated carbocycles. The Morgan fingerprint density at radius 3 is 1.53 bits per heavy atom. The molecule has 14 heteroatoms. The van der Waals surface area contributed by atoms with E-state index in [1.807, 2.05) is 13.8 Å². The van der Waals surface area contributed by atoms with E-state index in [0.29, 0.717) is 43.6 Å². The highest BCUT2D eigenvalue weighted by molar-refractivity contribution is 7.99. The highest BCUT2D eigenvalue weighted by Crippen LogP contribution is 2.31. The molecule has 3 rings (SSSR count). The van der Waals surface area contributed by atoms with Gasteiger partial charge in [0.15, 0.2) is 10.3 Å². The third kappa shape index (κ3) is 9.04. The fourth-order valence-electron chi connectivity index (χ4n) is 3.54. The number of nitrogens with zero attached hydrogens (tertiary/aromatic N) is 4. The van der Waals surface area contributed by atoms with Crippen molar-refractivity contribution in [1.82, 2.24) is 29.9 Å². The van der Waals surface area contributed by atoms with Crippen LogP contribution in [0.1, 0.15) is 39.5 Å². The van der Waals surface area contributed by atoms with Crippen LogP contribution in [0.2, 0.25) is 0 Å². The van der Waals surface area contributed by atoms with Crippen LogP contribution in [0.5, 0.6) is 0 Å². The molecule has 2 aromatic rings. The Kier molecular flexibility index (Phi) is 11.0. The third-order valence-electron chi connectivity index (χ3n) is 5.38. The second-order valence-corrected chi connectivity index (χ2v) is 11.3. The number of ether oxygens (including phenoxy) is 2. The number of anilines is 2. The van der Waals surface area contributed by atoms with Crippen LogP contribution in [0.4, 0.5) is 11.9 Å². The van der Waals surface area contributed by atoms with Crippen LogP contribution in [-0.4, -0.2) is 68.1 Å². The van der Waals surface area contributed by atoms with Gasteiger partial charge in [-0.05, 0) is 75.8 Å². The fraction of sp³-hybridized carbons (Fsp3) is 0.700. The van der Waals surface area contributed by atoms with Crippen LogP contribution >= 0.6 is 48.0 Å². The lowest BCUT2D eigenvalue weighted by molar-refractivity contribution is 0.0423. The Hall–Kier alpha value is -1.32. The third-order valence-corrected chi connectivity index (χ3v) is 7.49. The molecule has 10 nitrogen and oxygen atoms in total. The van der Waals surface area contributed by atoms with Crippen LogP contribution in [0, 0.1) is 21.4 Å². The van der Waals surface area contributed by atoms with Crippen LogP contribution in [0.3, 0.4) is 0 Å². The lowest BCUT2D eigenvalue weighted by Crippen LogP contribution is -2.24. The van der Waals surface area contributed by atoms with Crippen LogP contribution < -0.4 is 10.6 Å². The number of thioether (sulfide) groups is 2. The molecule has 4 N–H and O–H groups in total. The molecule has 0 spiro atoms. The largest absolute Gasteiger partial charge is 0.367 e. The second-order valence-electron chi connectivity index (χ2n) is 7.99. The maximum Gasteiger partial charge on any atom is 0.204 e. The molecule has 0 aliphatic heterocycles. The summed E-state index contributed by atoms with van der Waals surface area (Å²) in [7, 11) is 3.58. The lowest BCUT2D eigenvalue weighted by Gasteiger charge is -2.29. The van der Waals surface area contributed by atoms with Crippen molar-refractivity contribution in [2.75, 3.05) is 37.9 Å². The molecule has 0 aromatic carbocycles. The van der Waals surface area contributed by atoms with Crippen LogP contribution in [0.25, 0.3) is 0 Å². The molecule has 0 bridgehead atoms. The van der Waals surface area contributed by atoms with Crippen molar-refractivity contribution >= 4 is 59.9 Å². The zero-order valence-electron chi connectivity index (χ0n) is 19.8. The molecule has 2 aromatic heterocycles. The van der Waals surface area contributed by atoms with E-state index < -0.39 is 0 Å². The predicted octanol–water partition coefficient (Wildman–Crippen LogP) is 4.88. The second kappa shape index (κ2) is 13.7. The van der Waals surface area contributed by atoms with Gasteiger partial charge in [0.05, 0.1) is 13.2 Å². The summed E-state index contributed by atoms with van der Waals surface area (Å²) in [5.74, 6) is 2.34. The molecule has 188 valence electrons. The van der Waals surface area contributed by atoms with E-state index in [0.717, 1.165) is 38.9 Å². The molecule has 0 saturated heterocycles. The Labute approximate surface area is 218 Å². The normalized spacial score (nSPS) is 20.0. The van der Waals surface area contributed by atoms with Gasteiger partial charge >= 0.3 is 0 Å². The molecule has 2 heterocycles. The summed E-state index contributed by atoms with van der Waals surface area (Å²) in [6.45, 7) is 5.53. The van der Waals surface area contributed by atoms with Crippen molar-refractivity contribution in [2.24, 2.45) is 11.8 Å². The Balaban J connectivity index is 1.34. The summed E-state index contributed by atoms with van der Waals surface area (Å²) in [5, 5.41) is 7.12. The summed E-state index contributed by atoms with van der Waals surface area (Å²) in [6, 6.07) is 0. The summed E-state index contributed by atoms with van der Waals surface area (Å²) >= 11 is 13.2. The quantitative estimate of drug-likeness (QED) is 0.165. The van der Waals surface area contributed by atoms with Gasteiger partial charge in [0.1, 0.15) is 10.9 Å². The number of hydrogen-bond acceptors (Lipinski definition) is 12. The molecule has 2 atom stereocenters. The Morgan fingerprint density at radius 2 is 1.18 bits per heavy atom. The molecular formula is C20H32N8O2S4. The van der Waals surface area contributed by atoms with E-state index in [9.17, 15) is 0 Å². The zero-order valence-corrected chi connectivity index (χ0v) is 23.1. The highest BCUT2D eigenvalue weighted by atomic mass is 32.2. The van der Waals surface area contributed by atoms with Crippen LogP contribution in [-0.2, 0) is 9.47 Å². The lowest BCUT2D eigenvalue weighted by atomic mass is 9.83. The SMILES string of the molecule is CNc1nc(SC(C)OCC2CCC(COC(C)Sc3nc(NC)[nH]c(=S)n3)CC2)nc(=S)[nH]1. The number of hydrogen-bond donors (Lipinski definition) is 4. The van der Waals surface area contributed by atoms with Gasteiger partial charge < -0.3 is 30.1 Å². The number of nitrogens with one attached hydrogen (secondary N) is 4. The van der Waals surface area contributed by atoms with Gasteiger partial charge in [-0.3, -0.25) is 0 Å². The van der Waals surface area contributed by atoms with Gasteiger partial charge in [0, 0.05) is 14.1 Å². The number of rotatable bonds is 12. The molecule has 0 amide bonds. The van der Waals surface area contributed by atoms with Crippen molar-refractivity contribution in [3.8, 4) is 0 Å². The maximum atomic E-state index is 6.08. The van der Waals surface area contributed by atoms with E-state index in [1.54, 1.807) is 14.1 Å². The fourth-order valence-corrected chi connectivity index (χ4v) is 5.49. The average Bonchev–Trinajstić information content (AvgIpc) is 2.81. The smallest absolute Gasteiger partial charge is 0.204 e. The number of H-pyrrole nitrogens is 2. The maximum absolute atomic E-state index is 6.08. The zero-order chi connectivity index (χ0) is 24.5. The number of aromatic amines is 2. The van der Waals surface area contributed by atoms with Gasteiger partial charge in [-0.15, -0.1) is 0 Å². The minimum Gasteiger partial charge on any atom is -0.367 e. The standard InChI is InChI=1S/C20H32N8O2S4/c1-11(33-19-25-15(21-3)23-17(31)27-19)29-9-13-5-7-14(8-6-13)10-30-12(2)34-20-26-16(22-4)24-18(32)28-20/h11-14H,5-10H2,1-4H3,(H2,21,23,25,27,31)(H2,22,24,26,28,32). The van der Waals surface area contributed by atoms with Gasteiger partial charge in [-0.25, -0.2) is 0 Å². The first kappa shape index (κ1) is 27.3. The summed E-state index contributed by atoms with van der Waals surface area (Å²) in [6.07, 6.45) is 4.58. The van der Waals surface area contributed by atoms with Crippen molar-refractivity contribution in [2.45, 2.75) is 60.7 Å². The van der Waals surface area contributed by atoms with E-state index in [-0.39, 0.29) is 10.9 Å². The molecule has 2 unspecified atom stereocenters. The van der Waals surface area contributed by atoms with E-state index in [2.05, 4.69) is 40.5 Å². The van der Waals surface area contributed by atoms with E-state index >= 15 is 0 Å². The summed E-state index contributed by atoms with van der Waals surface area (Å²) in [5.41, 5.74) is -0.0883.